The van der Waals surface area contributed by atoms with Crippen LogP contribution in [0.4, 0.5) is 29.3 Å². The monoisotopic (exact) mass is 478 g/mol. The van der Waals surface area contributed by atoms with Gasteiger partial charge in [-0.15, -0.1) is 0 Å². The average molecular weight is 478 g/mol. The van der Waals surface area contributed by atoms with Gasteiger partial charge in [-0.2, -0.15) is 8.78 Å². The Balaban J connectivity index is 1.35. The van der Waals surface area contributed by atoms with Gasteiger partial charge in [-0.1, -0.05) is 6.07 Å². The zero-order chi connectivity index (χ0) is 24.1. The summed E-state index contributed by atoms with van der Waals surface area (Å²) in [6, 6.07) is 10.2. The summed E-state index contributed by atoms with van der Waals surface area (Å²) in [7, 11) is 0. The Labute approximate surface area is 194 Å². The highest BCUT2D eigenvalue weighted by molar-refractivity contribution is 5.90. The number of halogens is 3. The number of benzene rings is 1. The van der Waals surface area contributed by atoms with Gasteiger partial charge in [0.1, 0.15) is 11.9 Å². The lowest BCUT2D eigenvalue weighted by atomic mass is 10.2. The number of alkyl halides is 2. The molecular weight excluding hydrogens is 453 g/mol. The molecule has 9 nitrogen and oxygen atoms in total. The molecule has 2 saturated heterocycles. The third-order valence-electron chi connectivity index (χ3n) is 5.60. The summed E-state index contributed by atoms with van der Waals surface area (Å²) in [4.78, 5) is 30.7. The molecule has 3 heterocycles. The average Bonchev–Trinajstić information content (AvgIpc) is 3.04. The maximum Gasteiger partial charge on any atom is 0.414 e. The zero-order valence-electron chi connectivity index (χ0n) is 18.3. The molecule has 0 spiro atoms. The van der Waals surface area contributed by atoms with Gasteiger partial charge in [0, 0.05) is 32.4 Å². The van der Waals surface area contributed by atoms with E-state index < -0.39 is 30.3 Å². The lowest BCUT2D eigenvalue weighted by Crippen LogP contribution is -2.38. The molecule has 0 unspecified atom stereocenters. The van der Waals surface area contributed by atoms with Crippen LogP contribution < -0.4 is 20.5 Å². The molecule has 1 aromatic carbocycles. The van der Waals surface area contributed by atoms with E-state index in [0.717, 1.165) is 5.69 Å². The van der Waals surface area contributed by atoms with Crippen LogP contribution in [-0.2, 0) is 16.1 Å². The topological polar surface area (TPSA) is 90.0 Å². The van der Waals surface area contributed by atoms with Crippen LogP contribution in [0.3, 0.4) is 0 Å². The zero-order valence-corrected chi connectivity index (χ0v) is 18.3. The summed E-state index contributed by atoms with van der Waals surface area (Å²) < 4.78 is 44.8. The van der Waals surface area contributed by atoms with Gasteiger partial charge in [0.15, 0.2) is 0 Å². The molecule has 4 rings (SSSR count). The number of hydrogen-bond donors (Lipinski definition) is 2. The maximum atomic E-state index is 15.0. The molecule has 0 aliphatic carbocycles. The number of amides is 2. The van der Waals surface area contributed by atoms with Gasteiger partial charge >= 0.3 is 12.5 Å². The van der Waals surface area contributed by atoms with Gasteiger partial charge in [-0.3, -0.25) is 20.1 Å². The van der Waals surface area contributed by atoms with Crippen LogP contribution >= 0.6 is 0 Å². The van der Waals surface area contributed by atoms with E-state index in [9.17, 15) is 18.4 Å². The number of carbonyl (C=O) groups is 2. The number of hydrazine groups is 1. The van der Waals surface area contributed by atoms with Crippen LogP contribution in [0.1, 0.15) is 5.69 Å². The van der Waals surface area contributed by atoms with Crippen molar-refractivity contribution in [2.45, 2.75) is 19.1 Å². The molecular formula is C22H25F3N6O3. The van der Waals surface area contributed by atoms with Crippen LogP contribution in [0.2, 0.25) is 0 Å². The number of anilines is 2. The van der Waals surface area contributed by atoms with Gasteiger partial charge in [0.2, 0.25) is 0 Å². The quantitative estimate of drug-likeness (QED) is 0.627. The Morgan fingerprint density at radius 2 is 2.09 bits per heavy atom. The number of nitrogens with one attached hydrogen (secondary N) is 2. The first-order valence-electron chi connectivity index (χ1n) is 10.9. The van der Waals surface area contributed by atoms with E-state index in [4.69, 9.17) is 4.74 Å². The number of rotatable bonds is 7. The number of cyclic esters (lactones) is 1. The maximum absolute atomic E-state index is 15.0. The molecule has 0 bridgehead atoms. The van der Waals surface area contributed by atoms with Crippen molar-refractivity contribution in [3.8, 4) is 0 Å². The number of aromatic nitrogens is 1. The summed E-state index contributed by atoms with van der Waals surface area (Å²) in [5.74, 6) is -1.92. The van der Waals surface area contributed by atoms with Gasteiger partial charge in [0.05, 0.1) is 36.7 Å². The Morgan fingerprint density at radius 1 is 1.24 bits per heavy atom. The molecule has 0 radical (unpaired) electrons. The molecule has 182 valence electrons. The molecule has 2 aliphatic heterocycles. The van der Waals surface area contributed by atoms with Crippen molar-refractivity contribution >= 4 is 23.4 Å². The fourth-order valence-corrected chi connectivity index (χ4v) is 3.89. The summed E-state index contributed by atoms with van der Waals surface area (Å²) >= 11 is 0. The minimum Gasteiger partial charge on any atom is -0.442 e. The molecule has 2 N–H and O–H groups in total. The van der Waals surface area contributed by atoms with Crippen molar-refractivity contribution in [2.24, 2.45) is 0 Å². The van der Waals surface area contributed by atoms with Crippen LogP contribution in [-0.4, -0.2) is 73.8 Å². The predicted octanol–water partition coefficient (Wildman–Crippen LogP) is 1.75. The summed E-state index contributed by atoms with van der Waals surface area (Å²) in [6.45, 7) is 2.85. The minimum atomic E-state index is -3.15. The summed E-state index contributed by atoms with van der Waals surface area (Å²) in [6.07, 6.45) is -2.94. The van der Waals surface area contributed by atoms with E-state index >= 15 is 4.39 Å². The fraction of sp³-hybridized carbons (Fsp3) is 0.409. The summed E-state index contributed by atoms with van der Waals surface area (Å²) in [5, 5.41) is 4.06. The molecule has 2 fully saturated rings. The Kier molecular flexibility index (Phi) is 7.48. The highest BCUT2D eigenvalue weighted by Gasteiger charge is 2.33. The lowest BCUT2D eigenvalue weighted by Gasteiger charge is -2.24. The van der Waals surface area contributed by atoms with Crippen LogP contribution in [0.5, 0.6) is 0 Å². The molecule has 12 heteroatoms. The van der Waals surface area contributed by atoms with Crippen molar-refractivity contribution < 1.29 is 27.5 Å². The first-order valence-corrected chi connectivity index (χ1v) is 10.9. The van der Waals surface area contributed by atoms with Crippen LogP contribution in [0, 0.1) is 5.82 Å². The third-order valence-corrected chi connectivity index (χ3v) is 5.60. The first-order chi connectivity index (χ1) is 16.4. The molecule has 34 heavy (non-hydrogen) atoms. The van der Waals surface area contributed by atoms with E-state index in [1.807, 2.05) is 33.4 Å². The van der Waals surface area contributed by atoms with Gasteiger partial charge in [-0.25, -0.2) is 14.2 Å². The largest absolute Gasteiger partial charge is 0.442 e. The second kappa shape index (κ2) is 10.7. The molecule has 2 aromatic rings. The van der Waals surface area contributed by atoms with E-state index in [1.54, 1.807) is 18.3 Å². The normalized spacial score (nSPS) is 19.3. The lowest BCUT2D eigenvalue weighted by molar-refractivity contribution is -0.132. The minimum absolute atomic E-state index is 0.0112. The van der Waals surface area contributed by atoms with Crippen molar-refractivity contribution in [3.63, 3.8) is 0 Å². The molecule has 2 aliphatic rings. The predicted molar refractivity (Wildman–Crippen MR) is 118 cm³/mol. The molecule has 1 aromatic heterocycles. The Morgan fingerprint density at radius 3 is 2.82 bits per heavy atom. The van der Waals surface area contributed by atoms with E-state index in [1.165, 1.54) is 11.0 Å². The van der Waals surface area contributed by atoms with E-state index in [-0.39, 0.29) is 13.1 Å². The van der Waals surface area contributed by atoms with Crippen molar-refractivity contribution in [1.82, 2.24) is 20.7 Å². The SMILES string of the molecule is O=C(NC[C@H]1CN(c2ccc(N3CCNN(Cc4ccccn4)CC3)c(F)c2)C(=O)O1)C(F)F. The van der Waals surface area contributed by atoms with Crippen molar-refractivity contribution in [1.29, 1.82) is 0 Å². The van der Waals surface area contributed by atoms with Gasteiger partial charge < -0.3 is 15.0 Å². The number of hydrogen-bond acceptors (Lipinski definition) is 7. The Bertz CT molecular complexity index is 1010. The number of pyridine rings is 1. The standard InChI is InChI=1S/C22H25F3N6O3/c23-18-11-16(31-14-17(34-22(31)33)12-27-21(32)20(24)25)4-5-19(18)29-8-7-28-30(10-9-29)13-15-3-1-2-6-26-15/h1-6,11,17,20,28H,7-10,12-14H2,(H,27,32)/t17-/m0/s1. The number of carbonyl (C=O) groups excluding carboxylic acids is 2. The molecule has 0 saturated carbocycles. The van der Waals surface area contributed by atoms with Crippen LogP contribution in [0.25, 0.3) is 0 Å². The van der Waals surface area contributed by atoms with Gasteiger partial charge in [-0.05, 0) is 30.3 Å². The highest BCUT2D eigenvalue weighted by atomic mass is 19.3. The van der Waals surface area contributed by atoms with Crippen molar-refractivity contribution in [3.05, 3.63) is 54.1 Å². The van der Waals surface area contributed by atoms with E-state index in [2.05, 4.69) is 10.4 Å². The second-order valence-electron chi connectivity index (χ2n) is 7.94. The first kappa shape index (κ1) is 23.8. The Hall–Kier alpha value is -3.38. The van der Waals surface area contributed by atoms with Crippen LogP contribution in [0.15, 0.2) is 42.6 Å². The molecule has 1 atom stereocenters. The van der Waals surface area contributed by atoms with E-state index in [0.29, 0.717) is 44.1 Å². The second-order valence-corrected chi connectivity index (χ2v) is 7.94. The van der Waals surface area contributed by atoms with Crippen molar-refractivity contribution in [2.75, 3.05) is 49.1 Å². The number of ether oxygens (including phenoxy) is 1. The fourth-order valence-electron chi connectivity index (χ4n) is 3.89. The van der Waals surface area contributed by atoms with Gasteiger partial charge in [0.25, 0.3) is 5.91 Å². The smallest absolute Gasteiger partial charge is 0.414 e. The molecule has 2 amide bonds. The number of nitrogens with zero attached hydrogens (tertiary/aromatic N) is 4. The summed E-state index contributed by atoms with van der Waals surface area (Å²) in [5.41, 5.74) is 4.97. The third kappa shape index (κ3) is 5.75. The highest BCUT2D eigenvalue weighted by Crippen LogP contribution is 2.28.